The number of thiazole rings is 1. The van der Waals surface area contributed by atoms with Crippen LogP contribution in [-0.2, 0) is 16.0 Å². The standard InChI is InChI=1S/C19H32N4O2S/c1-5-20-19(21-10-9-16-13-26-17(22-16)14(3)4)23-11-7-8-15(12-23)18(24)25-6-2/h13-15H,5-12H2,1-4H3,(H,20,21). The maximum Gasteiger partial charge on any atom is 0.310 e. The quantitative estimate of drug-likeness (QED) is 0.447. The van der Waals surface area contributed by atoms with Crippen LogP contribution in [0.5, 0.6) is 0 Å². The zero-order chi connectivity index (χ0) is 18.9. The number of rotatable bonds is 7. The SMILES string of the molecule is CCNC(=NCCc1csc(C(C)C)n1)N1CCCC(C(=O)OCC)C1. The summed E-state index contributed by atoms with van der Waals surface area (Å²) in [5.41, 5.74) is 1.11. The maximum atomic E-state index is 12.1. The molecule has 1 N–H and O–H groups in total. The Balaban J connectivity index is 1.95. The van der Waals surface area contributed by atoms with Gasteiger partial charge >= 0.3 is 5.97 Å². The number of hydrogen-bond acceptors (Lipinski definition) is 5. The number of aromatic nitrogens is 1. The summed E-state index contributed by atoms with van der Waals surface area (Å²) in [6.07, 6.45) is 2.72. The highest BCUT2D eigenvalue weighted by atomic mass is 32.1. The van der Waals surface area contributed by atoms with Gasteiger partial charge in [0.2, 0.25) is 0 Å². The van der Waals surface area contributed by atoms with Crippen LogP contribution in [-0.4, -0.2) is 54.6 Å². The van der Waals surface area contributed by atoms with Gasteiger partial charge in [-0.25, -0.2) is 4.98 Å². The Kier molecular flexibility index (Phi) is 8.35. The summed E-state index contributed by atoms with van der Waals surface area (Å²) in [5, 5.41) is 6.68. The lowest BCUT2D eigenvalue weighted by atomic mass is 9.98. The minimum Gasteiger partial charge on any atom is -0.466 e. The van der Waals surface area contributed by atoms with E-state index >= 15 is 0 Å². The van der Waals surface area contributed by atoms with E-state index in [0.717, 1.165) is 44.0 Å². The fraction of sp³-hybridized carbons (Fsp3) is 0.737. The Morgan fingerprint density at radius 2 is 2.31 bits per heavy atom. The molecule has 7 heteroatoms. The molecule has 0 spiro atoms. The van der Waals surface area contributed by atoms with E-state index in [-0.39, 0.29) is 11.9 Å². The molecule has 2 rings (SSSR count). The van der Waals surface area contributed by atoms with Crippen molar-refractivity contribution in [2.24, 2.45) is 10.9 Å². The fourth-order valence-electron chi connectivity index (χ4n) is 3.03. The monoisotopic (exact) mass is 380 g/mol. The third-order valence-electron chi connectivity index (χ3n) is 4.37. The number of ether oxygens (including phenoxy) is 1. The maximum absolute atomic E-state index is 12.1. The van der Waals surface area contributed by atoms with Crippen molar-refractivity contribution in [2.45, 2.75) is 52.9 Å². The molecule has 0 radical (unpaired) electrons. The van der Waals surface area contributed by atoms with Crippen molar-refractivity contribution in [1.82, 2.24) is 15.2 Å². The van der Waals surface area contributed by atoms with Crippen molar-refractivity contribution < 1.29 is 9.53 Å². The molecular formula is C19H32N4O2S. The Labute approximate surface area is 161 Å². The molecule has 1 saturated heterocycles. The van der Waals surface area contributed by atoms with Gasteiger partial charge in [-0.3, -0.25) is 9.79 Å². The summed E-state index contributed by atoms with van der Waals surface area (Å²) >= 11 is 1.73. The van der Waals surface area contributed by atoms with Gasteiger partial charge < -0.3 is 15.0 Å². The molecule has 0 aromatic carbocycles. The topological polar surface area (TPSA) is 66.8 Å². The molecular weight excluding hydrogens is 348 g/mol. The molecule has 0 aliphatic carbocycles. The van der Waals surface area contributed by atoms with E-state index in [1.807, 2.05) is 6.92 Å². The van der Waals surface area contributed by atoms with Crippen molar-refractivity contribution in [1.29, 1.82) is 0 Å². The lowest BCUT2D eigenvalue weighted by molar-refractivity contribution is -0.149. The predicted molar refractivity (Wildman–Crippen MR) is 107 cm³/mol. The molecule has 1 fully saturated rings. The van der Waals surface area contributed by atoms with Crippen molar-refractivity contribution in [3.05, 3.63) is 16.1 Å². The highest BCUT2D eigenvalue weighted by molar-refractivity contribution is 7.09. The Hall–Kier alpha value is -1.63. The molecule has 26 heavy (non-hydrogen) atoms. The van der Waals surface area contributed by atoms with E-state index in [9.17, 15) is 4.79 Å². The molecule has 1 aliphatic heterocycles. The zero-order valence-electron chi connectivity index (χ0n) is 16.5. The highest BCUT2D eigenvalue weighted by Crippen LogP contribution is 2.20. The van der Waals surface area contributed by atoms with Gasteiger partial charge in [-0.05, 0) is 26.7 Å². The molecule has 0 bridgehead atoms. The zero-order valence-corrected chi connectivity index (χ0v) is 17.3. The molecule has 1 atom stereocenters. The fourth-order valence-corrected chi connectivity index (χ4v) is 3.90. The van der Waals surface area contributed by atoms with E-state index in [1.165, 1.54) is 5.01 Å². The van der Waals surface area contributed by atoms with E-state index in [1.54, 1.807) is 11.3 Å². The number of esters is 1. The molecule has 1 aliphatic rings. The normalized spacial score (nSPS) is 18.3. The van der Waals surface area contributed by atoms with E-state index < -0.39 is 0 Å². The third kappa shape index (κ3) is 5.97. The number of nitrogens with one attached hydrogen (secondary N) is 1. The second-order valence-corrected chi connectivity index (χ2v) is 7.74. The van der Waals surface area contributed by atoms with E-state index in [0.29, 0.717) is 25.6 Å². The lowest BCUT2D eigenvalue weighted by Gasteiger charge is -2.34. The summed E-state index contributed by atoms with van der Waals surface area (Å²) in [4.78, 5) is 23.7. The van der Waals surface area contributed by atoms with Crippen LogP contribution in [0.4, 0.5) is 0 Å². The van der Waals surface area contributed by atoms with Gasteiger partial charge in [0.15, 0.2) is 5.96 Å². The van der Waals surface area contributed by atoms with Gasteiger partial charge in [0, 0.05) is 43.9 Å². The number of piperidine rings is 1. The smallest absolute Gasteiger partial charge is 0.310 e. The van der Waals surface area contributed by atoms with Gasteiger partial charge in [0.05, 0.1) is 23.2 Å². The Morgan fingerprint density at radius 3 is 2.96 bits per heavy atom. The first kappa shape index (κ1) is 20.7. The van der Waals surface area contributed by atoms with Crippen LogP contribution in [0.25, 0.3) is 0 Å². The van der Waals surface area contributed by atoms with Crippen LogP contribution < -0.4 is 5.32 Å². The Bertz CT molecular complexity index is 600. The number of guanidine groups is 1. The van der Waals surface area contributed by atoms with Gasteiger partial charge in [-0.15, -0.1) is 11.3 Å². The number of hydrogen-bond donors (Lipinski definition) is 1. The van der Waals surface area contributed by atoms with Crippen LogP contribution in [0, 0.1) is 5.92 Å². The Morgan fingerprint density at radius 1 is 1.50 bits per heavy atom. The number of likely N-dealkylation sites (tertiary alicyclic amines) is 1. The largest absolute Gasteiger partial charge is 0.466 e. The van der Waals surface area contributed by atoms with Gasteiger partial charge in [0.25, 0.3) is 0 Å². The molecule has 0 amide bonds. The molecule has 6 nitrogen and oxygen atoms in total. The number of carbonyl (C=O) groups excluding carboxylic acids is 1. The van der Waals surface area contributed by atoms with Crippen molar-refractivity contribution in [3.63, 3.8) is 0 Å². The molecule has 0 saturated carbocycles. The number of nitrogens with zero attached hydrogens (tertiary/aromatic N) is 3. The second-order valence-electron chi connectivity index (χ2n) is 6.85. The van der Waals surface area contributed by atoms with Gasteiger partial charge in [-0.1, -0.05) is 13.8 Å². The van der Waals surface area contributed by atoms with E-state index in [4.69, 9.17) is 9.73 Å². The molecule has 1 aromatic rings. The van der Waals surface area contributed by atoms with Crippen LogP contribution >= 0.6 is 11.3 Å². The first-order valence-electron chi connectivity index (χ1n) is 9.69. The molecule has 1 unspecified atom stereocenters. The van der Waals surface area contributed by atoms with Gasteiger partial charge in [-0.2, -0.15) is 0 Å². The summed E-state index contributed by atoms with van der Waals surface area (Å²) in [6.45, 7) is 11.8. The molecule has 2 heterocycles. The summed E-state index contributed by atoms with van der Waals surface area (Å²) < 4.78 is 5.20. The summed E-state index contributed by atoms with van der Waals surface area (Å²) in [5.74, 6) is 1.22. The van der Waals surface area contributed by atoms with Crippen LogP contribution in [0.3, 0.4) is 0 Å². The van der Waals surface area contributed by atoms with Crippen molar-refractivity contribution in [3.8, 4) is 0 Å². The minimum atomic E-state index is -0.0864. The predicted octanol–water partition coefficient (Wildman–Crippen LogP) is 3.05. The highest BCUT2D eigenvalue weighted by Gasteiger charge is 2.28. The van der Waals surface area contributed by atoms with Crippen molar-refractivity contribution in [2.75, 3.05) is 32.8 Å². The first-order valence-corrected chi connectivity index (χ1v) is 10.6. The molecule has 1 aromatic heterocycles. The number of aliphatic imine (C=N–C) groups is 1. The van der Waals surface area contributed by atoms with Crippen LogP contribution in [0.15, 0.2) is 10.4 Å². The second kappa shape index (κ2) is 10.5. The van der Waals surface area contributed by atoms with Crippen LogP contribution in [0.2, 0.25) is 0 Å². The minimum absolute atomic E-state index is 0.0558. The van der Waals surface area contributed by atoms with Crippen molar-refractivity contribution >= 4 is 23.3 Å². The van der Waals surface area contributed by atoms with Gasteiger partial charge in [0.1, 0.15) is 0 Å². The molecule has 146 valence electrons. The summed E-state index contributed by atoms with van der Waals surface area (Å²) in [7, 11) is 0. The lowest BCUT2D eigenvalue weighted by Crippen LogP contribution is -2.48. The van der Waals surface area contributed by atoms with Crippen LogP contribution in [0.1, 0.15) is 57.2 Å². The summed E-state index contributed by atoms with van der Waals surface area (Å²) in [6, 6.07) is 0. The van der Waals surface area contributed by atoms with E-state index in [2.05, 4.69) is 41.4 Å². The average molecular weight is 381 g/mol. The average Bonchev–Trinajstić information content (AvgIpc) is 3.10. The third-order valence-corrected chi connectivity index (χ3v) is 5.56. The number of carbonyl (C=O) groups is 1. The first-order chi connectivity index (χ1) is 12.5.